The first kappa shape index (κ1) is 20.1. The number of nitrogens with zero attached hydrogens (tertiary/aromatic N) is 1. The van der Waals surface area contributed by atoms with Gasteiger partial charge >= 0.3 is 0 Å². The second-order valence-electron chi connectivity index (χ2n) is 6.10. The third-order valence-electron chi connectivity index (χ3n) is 4.01. The summed E-state index contributed by atoms with van der Waals surface area (Å²) in [6.07, 6.45) is 2.09. The third-order valence-corrected chi connectivity index (χ3v) is 6.37. The van der Waals surface area contributed by atoms with Gasteiger partial charge < -0.3 is 4.74 Å². The van der Waals surface area contributed by atoms with Crippen molar-refractivity contribution < 1.29 is 22.8 Å². The predicted molar refractivity (Wildman–Crippen MR) is 93.7 cm³/mol. The minimum absolute atomic E-state index is 0.00725. The van der Waals surface area contributed by atoms with Crippen LogP contribution in [-0.4, -0.2) is 44.6 Å². The highest BCUT2D eigenvalue weighted by Crippen LogP contribution is 2.23. The number of sulfonamides is 1. The predicted octanol–water partition coefficient (Wildman–Crippen LogP) is 2.56. The average molecular weight is 391 g/mol. The number of carbonyl (C=O) groups is 1. The Morgan fingerprint density at radius 3 is 2.72 bits per heavy atom. The van der Waals surface area contributed by atoms with Gasteiger partial charge in [0.05, 0.1) is 15.5 Å². The molecule has 1 saturated heterocycles. The molecule has 0 aliphatic carbocycles. The Labute approximate surface area is 153 Å². The first-order valence-electron chi connectivity index (χ1n) is 8.08. The highest BCUT2D eigenvalue weighted by molar-refractivity contribution is 7.89. The summed E-state index contributed by atoms with van der Waals surface area (Å²) < 4.78 is 31.7. The second-order valence-corrected chi connectivity index (χ2v) is 8.51. The van der Waals surface area contributed by atoms with Crippen LogP contribution in [0.4, 0.5) is 0 Å². The molecule has 2 rings (SSSR count). The summed E-state index contributed by atoms with van der Waals surface area (Å²) in [5, 5.41) is 0.136. The van der Waals surface area contributed by atoms with Crippen molar-refractivity contribution >= 4 is 27.5 Å². The maximum absolute atomic E-state index is 12.6. The lowest BCUT2D eigenvalue weighted by molar-refractivity contribution is -0.186. The Hall–Kier alpha value is -1.19. The van der Waals surface area contributed by atoms with E-state index in [4.69, 9.17) is 21.2 Å². The highest BCUT2D eigenvalue weighted by atomic mass is 35.5. The molecule has 1 heterocycles. The summed E-state index contributed by atoms with van der Waals surface area (Å²) in [5.74, 6) is -0.622. The summed E-state index contributed by atoms with van der Waals surface area (Å²) in [6, 6.07) is 3.79. The Kier molecular flexibility index (Phi) is 6.81. The lowest BCUT2D eigenvalue weighted by Gasteiger charge is -2.23. The summed E-state index contributed by atoms with van der Waals surface area (Å²) in [7, 11) is -2.23. The Balaban J connectivity index is 2.16. The van der Waals surface area contributed by atoms with Gasteiger partial charge in [-0.15, -0.1) is 0 Å². The van der Waals surface area contributed by atoms with E-state index in [1.54, 1.807) is 13.8 Å². The monoisotopic (exact) mass is 390 g/mol. The van der Waals surface area contributed by atoms with Crippen LogP contribution >= 0.6 is 11.6 Å². The molecule has 0 aromatic heterocycles. The normalized spacial score (nSPS) is 18.6. The molecule has 25 heavy (non-hydrogen) atoms. The van der Waals surface area contributed by atoms with Gasteiger partial charge in [-0.1, -0.05) is 11.6 Å². The van der Waals surface area contributed by atoms with Crippen molar-refractivity contribution in [2.24, 2.45) is 0 Å². The minimum atomic E-state index is -3.72. The summed E-state index contributed by atoms with van der Waals surface area (Å²) in [4.78, 5) is 17.5. The quantitative estimate of drug-likeness (QED) is 0.754. The molecule has 0 bridgehead atoms. The zero-order valence-corrected chi connectivity index (χ0v) is 16.1. The van der Waals surface area contributed by atoms with E-state index in [9.17, 15) is 13.2 Å². The number of rotatable bonds is 6. The average Bonchev–Trinajstić information content (AvgIpc) is 2.60. The van der Waals surface area contributed by atoms with Crippen molar-refractivity contribution in [3.8, 4) is 0 Å². The van der Waals surface area contributed by atoms with E-state index in [1.165, 1.54) is 29.6 Å². The maximum atomic E-state index is 12.6. The number of nitrogens with one attached hydrogen (secondary N) is 1. The van der Waals surface area contributed by atoms with Crippen molar-refractivity contribution in [3.05, 3.63) is 28.8 Å². The van der Waals surface area contributed by atoms with Crippen LogP contribution in [0.15, 0.2) is 23.1 Å². The molecule has 0 radical (unpaired) electrons. The molecule has 9 heteroatoms. The van der Waals surface area contributed by atoms with Crippen LogP contribution in [0.1, 0.15) is 43.5 Å². The van der Waals surface area contributed by atoms with Crippen molar-refractivity contribution in [3.63, 3.8) is 0 Å². The Morgan fingerprint density at radius 1 is 1.40 bits per heavy atom. The number of hydrogen-bond acceptors (Lipinski definition) is 5. The molecular formula is C16H23ClN2O5S. The van der Waals surface area contributed by atoms with Crippen LogP contribution in [-0.2, 0) is 19.6 Å². The molecule has 140 valence electrons. The molecule has 0 saturated carbocycles. The first-order chi connectivity index (χ1) is 11.7. The van der Waals surface area contributed by atoms with E-state index in [2.05, 4.69) is 5.48 Å². The molecule has 1 aliphatic rings. The number of hydrogen-bond donors (Lipinski definition) is 1. The van der Waals surface area contributed by atoms with E-state index in [0.29, 0.717) is 13.0 Å². The van der Waals surface area contributed by atoms with Crippen LogP contribution in [0.3, 0.4) is 0 Å². The number of hydroxylamine groups is 1. The molecule has 1 fully saturated rings. The zero-order valence-electron chi connectivity index (χ0n) is 14.5. The second kappa shape index (κ2) is 8.46. The van der Waals surface area contributed by atoms with Gasteiger partial charge in [0.25, 0.3) is 5.91 Å². The van der Waals surface area contributed by atoms with Crippen molar-refractivity contribution in [1.29, 1.82) is 0 Å². The van der Waals surface area contributed by atoms with E-state index in [1.807, 2.05) is 0 Å². The first-order valence-corrected chi connectivity index (χ1v) is 9.90. The summed E-state index contributed by atoms with van der Waals surface area (Å²) in [6.45, 7) is 4.11. The zero-order chi connectivity index (χ0) is 18.6. The largest absolute Gasteiger partial charge is 0.350 e. The molecule has 1 aromatic rings. The smallest absolute Gasteiger partial charge is 0.276 e. The van der Waals surface area contributed by atoms with Crippen LogP contribution < -0.4 is 5.48 Å². The van der Waals surface area contributed by atoms with E-state index < -0.39 is 22.2 Å². The van der Waals surface area contributed by atoms with Gasteiger partial charge in [-0.05, 0) is 44.9 Å². The van der Waals surface area contributed by atoms with E-state index in [-0.39, 0.29) is 21.5 Å². The fraction of sp³-hybridized carbons (Fsp3) is 0.562. The third kappa shape index (κ3) is 4.92. The van der Waals surface area contributed by atoms with Gasteiger partial charge in [-0.2, -0.15) is 4.31 Å². The van der Waals surface area contributed by atoms with Crippen molar-refractivity contribution in [1.82, 2.24) is 9.79 Å². The topological polar surface area (TPSA) is 84.9 Å². The van der Waals surface area contributed by atoms with Crippen molar-refractivity contribution in [2.45, 2.75) is 50.3 Å². The van der Waals surface area contributed by atoms with Crippen LogP contribution in [0.5, 0.6) is 0 Å². The summed E-state index contributed by atoms with van der Waals surface area (Å²) in [5.41, 5.74) is 2.31. The summed E-state index contributed by atoms with van der Waals surface area (Å²) >= 11 is 6.05. The molecule has 1 aromatic carbocycles. The fourth-order valence-corrected chi connectivity index (χ4v) is 3.86. The number of amides is 1. The van der Waals surface area contributed by atoms with Gasteiger partial charge in [-0.25, -0.2) is 18.7 Å². The molecular weight excluding hydrogens is 368 g/mol. The molecule has 1 N–H and O–H groups in total. The highest BCUT2D eigenvalue weighted by Gasteiger charge is 2.25. The van der Waals surface area contributed by atoms with Gasteiger partial charge in [0.1, 0.15) is 0 Å². The van der Waals surface area contributed by atoms with Gasteiger partial charge in [-0.3, -0.25) is 4.79 Å². The fourth-order valence-electron chi connectivity index (χ4n) is 2.26. The maximum Gasteiger partial charge on any atom is 0.276 e. The molecule has 7 nitrogen and oxygen atoms in total. The molecule has 1 amide bonds. The lowest BCUT2D eigenvalue weighted by Crippen LogP contribution is -2.34. The van der Waals surface area contributed by atoms with Gasteiger partial charge in [0.2, 0.25) is 10.0 Å². The molecule has 0 spiro atoms. The number of halogens is 1. The van der Waals surface area contributed by atoms with Crippen LogP contribution in [0, 0.1) is 0 Å². The minimum Gasteiger partial charge on any atom is -0.350 e. The lowest BCUT2D eigenvalue weighted by atomic mass is 10.2. The Bertz CT molecular complexity index is 717. The number of carbonyl (C=O) groups excluding carboxylic acids is 1. The molecule has 1 atom stereocenters. The van der Waals surface area contributed by atoms with Crippen molar-refractivity contribution in [2.75, 3.05) is 13.7 Å². The Morgan fingerprint density at radius 2 is 2.12 bits per heavy atom. The van der Waals surface area contributed by atoms with E-state index in [0.717, 1.165) is 12.8 Å². The SMILES string of the molecule is CC(C)N(C)S(=O)(=O)c1ccc(Cl)c(C(=O)NOC2CCCCO2)c1. The van der Waals surface area contributed by atoms with Gasteiger partial charge in [0, 0.05) is 26.1 Å². The standard InChI is InChI=1S/C16H23ClN2O5S/c1-11(2)19(3)25(21,22)12-7-8-14(17)13(10-12)16(20)18-24-15-6-4-5-9-23-15/h7-8,10-11,15H,4-6,9H2,1-3H3,(H,18,20). The number of benzene rings is 1. The molecule has 1 unspecified atom stereocenters. The van der Waals surface area contributed by atoms with Crippen LogP contribution in [0.2, 0.25) is 5.02 Å². The van der Waals surface area contributed by atoms with Crippen LogP contribution in [0.25, 0.3) is 0 Å². The molecule has 1 aliphatic heterocycles. The number of ether oxygens (including phenoxy) is 1. The van der Waals surface area contributed by atoms with E-state index >= 15 is 0 Å². The van der Waals surface area contributed by atoms with Gasteiger partial charge in [0.15, 0.2) is 6.29 Å².